The summed E-state index contributed by atoms with van der Waals surface area (Å²) in [6.07, 6.45) is 4.76. The van der Waals surface area contributed by atoms with E-state index in [4.69, 9.17) is 19.2 Å². The van der Waals surface area contributed by atoms with Crippen LogP contribution in [0.5, 0.6) is 0 Å². The number of likely N-dealkylation sites (N-methyl/N-ethyl adjacent to an activating group) is 2. The number of pyridine rings is 1. The quantitative estimate of drug-likeness (QED) is 0.124. The summed E-state index contributed by atoms with van der Waals surface area (Å²) < 4.78 is 37.1. The molecule has 426 valence electrons. The number of nitrogens with one attached hydrogen (secondary N) is 2. The second-order valence-corrected chi connectivity index (χ2v) is 23.6. The number of aryl methyl sites for hydroxylation is 1. The number of hydrogen-bond donors (Lipinski definition) is 2. The summed E-state index contributed by atoms with van der Waals surface area (Å²) in [6.45, 7) is 23.1. The Labute approximate surface area is 464 Å². The first kappa shape index (κ1) is 57.3. The number of aromatic nitrogens is 2. The third-order valence-corrected chi connectivity index (χ3v) is 16.9. The largest absolute Gasteiger partial charge is 0.464 e. The smallest absolute Gasteiger partial charge is 0.324 e. The zero-order valence-electron chi connectivity index (χ0n) is 47.9. The highest BCUT2D eigenvalue weighted by Gasteiger charge is 2.48. The zero-order chi connectivity index (χ0) is 56.7. The summed E-state index contributed by atoms with van der Waals surface area (Å²) in [5.41, 5.74) is 9.54. The average Bonchev–Trinajstić information content (AvgIpc) is 4.14. The number of rotatable bonds is 10. The Bertz CT molecular complexity index is 2960. The number of fused-ring (bicyclic) bond motifs is 6. The molecule has 5 aliphatic heterocycles. The fourth-order valence-electron chi connectivity index (χ4n) is 12.5. The minimum absolute atomic E-state index is 0.0756. The van der Waals surface area contributed by atoms with Gasteiger partial charge in [-0.25, -0.2) is 14.6 Å². The molecular formula is C60H81FN10O8. The molecule has 0 radical (unpaired) electrons. The maximum Gasteiger partial charge on any atom is 0.324 e. The summed E-state index contributed by atoms with van der Waals surface area (Å²) in [6, 6.07) is 9.71. The van der Waals surface area contributed by atoms with Gasteiger partial charge in [-0.2, -0.15) is 0 Å². The van der Waals surface area contributed by atoms with Crippen molar-refractivity contribution >= 4 is 46.3 Å². The number of hydrogen-bond acceptors (Lipinski definition) is 12. The van der Waals surface area contributed by atoms with E-state index in [1.54, 1.807) is 24.0 Å². The number of urea groups is 1. The van der Waals surface area contributed by atoms with Gasteiger partial charge in [0.05, 0.1) is 48.1 Å². The van der Waals surface area contributed by atoms with Crippen LogP contribution in [0.3, 0.4) is 0 Å². The Morgan fingerprint density at radius 1 is 1.01 bits per heavy atom. The van der Waals surface area contributed by atoms with Gasteiger partial charge in [0.25, 0.3) is 5.91 Å². The molecule has 0 unspecified atom stereocenters. The summed E-state index contributed by atoms with van der Waals surface area (Å²) in [4.78, 5) is 85.4. The van der Waals surface area contributed by atoms with Gasteiger partial charge in [0.15, 0.2) is 0 Å². The zero-order valence-corrected chi connectivity index (χ0v) is 47.9. The lowest BCUT2D eigenvalue weighted by molar-refractivity contribution is -0.155. The van der Waals surface area contributed by atoms with Crippen LogP contribution >= 0.6 is 0 Å². The summed E-state index contributed by atoms with van der Waals surface area (Å²) in [5.74, 6) is -2.68. The van der Waals surface area contributed by atoms with Crippen molar-refractivity contribution < 1.29 is 42.6 Å². The normalized spacial score (nSPS) is 22.7. The van der Waals surface area contributed by atoms with Crippen LogP contribution in [0.15, 0.2) is 61.3 Å². The molecule has 2 aromatic heterocycles. The van der Waals surface area contributed by atoms with E-state index in [2.05, 4.69) is 77.7 Å². The Hall–Kier alpha value is -6.41. The van der Waals surface area contributed by atoms with Crippen molar-refractivity contribution in [1.82, 2.24) is 44.9 Å². The number of ether oxygens (including phenoxy) is 3. The van der Waals surface area contributed by atoms with Gasteiger partial charge in [-0.05, 0) is 125 Å². The molecule has 7 heterocycles. The number of carbonyl (C=O) groups excluding carboxylic acids is 5. The molecule has 18 nitrogen and oxygen atoms in total. The van der Waals surface area contributed by atoms with E-state index in [1.807, 2.05) is 46.0 Å². The molecule has 19 heteroatoms. The lowest BCUT2D eigenvalue weighted by Gasteiger charge is -2.41. The lowest BCUT2D eigenvalue weighted by atomic mass is 9.84. The molecule has 9 rings (SSSR count). The number of piperazine rings is 1. The van der Waals surface area contributed by atoms with Crippen LogP contribution in [-0.4, -0.2) is 174 Å². The Balaban J connectivity index is 1.07. The standard InChI is InChI=1S/C60H81FN10O8/c1-12-51(72)70-35-60(79-39(70)6)18-21-68(22-19-60)58(76)66(10)53(37(3)4)55(73)63-49-29-40-27-42(30-43(61)28-40)41-16-17-50-45(31-41)47(33-59(7,8)36-78-57(75)48-15-14-20-71(64-48)56(49)74)54(69(50)13-2)46-32-44(34-62-52(46)38(5)77-11)67-25-23-65(9)24-26-67/h12,16-17,27-28,30-32,34,37-39,48-49,53,64H,1,13-15,18-26,29,33,35-36H2,2-11H3,(H,63,73)/t38-,39+,48-,49-,53-/m0/s1. The Morgan fingerprint density at radius 2 is 1.75 bits per heavy atom. The van der Waals surface area contributed by atoms with Crippen LogP contribution in [0.25, 0.3) is 33.3 Å². The van der Waals surface area contributed by atoms with E-state index >= 15 is 4.39 Å². The number of halogens is 1. The third-order valence-electron chi connectivity index (χ3n) is 16.9. The summed E-state index contributed by atoms with van der Waals surface area (Å²) in [5, 5.41) is 5.34. The van der Waals surface area contributed by atoms with Crippen LogP contribution in [0.2, 0.25) is 0 Å². The number of carbonyl (C=O) groups is 5. The van der Waals surface area contributed by atoms with E-state index in [1.165, 1.54) is 28.1 Å². The molecular weight excluding hydrogens is 1010 g/mol. The van der Waals surface area contributed by atoms with E-state index in [0.717, 1.165) is 70.8 Å². The first-order valence-corrected chi connectivity index (χ1v) is 28.2. The third kappa shape index (κ3) is 11.9. The first-order chi connectivity index (χ1) is 37.6. The minimum atomic E-state index is -1.24. The van der Waals surface area contributed by atoms with E-state index < -0.39 is 59.0 Å². The number of nitrogens with zero attached hydrogens (tertiary/aromatic N) is 8. The predicted octanol–water partition coefficient (Wildman–Crippen LogP) is 6.94. The van der Waals surface area contributed by atoms with Gasteiger partial charge in [0, 0.05) is 94.8 Å². The van der Waals surface area contributed by atoms with Gasteiger partial charge in [0.2, 0.25) is 11.8 Å². The monoisotopic (exact) mass is 1090 g/mol. The number of likely N-dealkylation sites (tertiary alicyclic amines) is 1. The number of benzene rings is 2. The molecule has 5 amide bonds. The van der Waals surface area contributed by atoms with Crippen molar-refractivity contribution in [2.24, 2.45) is 11.3 Å². The number of cyclic esters (lactones) is 1. The van der Waals surface area contributed by atoms with E-state index in [0.29, 0.717) is 69.4 Å². The molecule has 1 spiro atoms. The molecule has 5 atom stereocenters. The highest BCUT2D eigenvalue weighted by molar-refractivity contribution is 5.96. The number of methoxy groups -OCH3 is 1. The van der Waals surface area contributed by atoms with E-state index in [9.17, 15) is 24.0 Å². The van der Waals surface area contributed by atoms with Gasteiger partial charge in [-0.1, -0.05) is 46.4 Å². The minimum Gasteiger partial charge on any atom is -0.464 e. The van der Waals surface area contributed by atoms with Crippen molar-refractivity contribution in [1.29, 1.82) is 0 Å². The second-order valence-electron chi connectivity index (χ2n) is 23.6. The second kappa shape index (κ2) is 23.4. The van der Waals surface area contributed by atoms with Crippen LogP contribution < -0.4 is 15.6 Å². The topological polar surface area (TPSA) is 174 Å². The van der Waals surface area contributed by atoms with Crippen molar-refractivity contribution in [3.8, 4) is 22.4 Å². The molecule has 79 heavy (non-hydrogen) atoms. The number of amides is 5. The average molecular weight is 1090 g/mol. The van der Waals surface area contributed by atoms with E-state index in [-0.39, 0.29) is 43.5 Å². The molecule has 6 bridgehead atoms. The van der Waals surface area contributed by atoms with Crippen molar-refractivity contribution in [2.75, 3.05) is 85.1 Å². The lowest BCUT2D eigenvalue weighted by Crippen LogP contribution is -2.62. The number of hydrazine groups is 1. The predicted molar refractivity (Wildman–Crippen MR) is 301 cm³/mol. The van der Waals surface area contributed by atoms with Crippen LogP contribution in [-0.2, 0) is 52.8 Å². The first-order valence-electron chi connectivity index (χ1n) is 28.2. The van der Waals surface area contributed by atoms with Crippen molar-refractivity contribution in [3.05, 3.63) is 84.0 Å². The van der Waals surface area contributed by atoms with Gasteiger partial charge < -0.3 is 48.6 Å². The summed E-state index contributed by atoms with van der Waals surface area (Å²) >= 11 is 0. The molecule has 0 aliphatic carbocycles. The van der Waals surface area contributed by atoms with Crippen LogP contribution in [0.1, 0.15) is 97.1 Å². The van der Waals surface area contributed by atoms with Crippen molar-refractivity contribution in [3.63, 3.8) is 0 Å². The van der Waals surface area contributed by atoms with Gasteiger partial charge in [-0.3, -0.25) is 29.2 Å². The Kier molecular flexibility index (Phi) is 16.9. The highest BCUT2D eigenvalue weighted by Crippen LogP contribution is 2.44. The molecule has 5 aliphatic rings. The Morgan fingerprint density at radius 3 is 2.43 bits per heavy atom. The fraction of sp³-hybridized carbons (Fsp3) is 0.567. The summed E-state index contributed by atoms with van der Waals surface area (Å²) in [7, 11) is 5.42. The molecule has 2 N–H and O–H groups in total. The maximum atomic E-state index is 16.3. The number of anilines is 1. The van der Waals surface area contributed by atoms with Gasteiger partial charge >= 0.3 is 12.0 Å². The molecule has 4 saturated heterocycles. The van der Waals surface area contributed by atoms with Crippen LogP contribution in [0.4, 0.5) is 14.9 Å². The molecule has 2 aromatic carbocycles. The number of esters is 1. The van der Waals surface area contributed by atoms with Crippen molar-refractivity contribution in [2.45, 2.75) is 130 Å². The van der Waals surface area contributed by atoms with Gasteiger partial charge in [0.1, 0.15) is 30.2 Å². The maximum absolute atomic E-state index is 16.3. The number of piperidine rings is 1. The molecule has 4 aromatic rings. The fourth-order valence-corrected chi connectivity index (χ4v) is 12.5. The van der Waals surface area contributed by atoms with Gasteiger partial charge in [-0.15, -0.1) is 0 Å². The highest BCUT2D eigenvalue weighted by atomic mass is 19.1. The molecule has 0 saturated carbocycles. The molecule has 4 fully saturated rings. The van der Waals surface area contributed by atoms with Crippen LogP contribution in [0, 0.1) is 17.2 Å². The SMILES string of the molecule is C=CC(=O)N1CC2(CCN(C(=O)N(C)[C@H](C(=O)N[C@H]3Cc4cc(F)cc(c4)-c4ccc5c(c4)c(c(-c4cc(N6CCN(C)CC6)cnc4[C@H](C)OC)n5CC)CC(C)(C)COC(=O)[C@@H]4CCCN(N4)C3=O)C(C)C)CC2)O[C@@H]1C.